The van der Waals surface area contributed by atoms with Gasteiger partial charge in [0.1, 0.15) is 0 Å². The SMILES string of the molecule is CCC1C(CC(=O)O)C2CCN1CC2. The molecule has 0 saturated carbocycles. The molecule has 0 spiro atoms. The minimum absolute atomic E-state index is 0.375. The van der Waals surface area contributed by atoms with E-state index in [4.69, 9.17) is 5.11 Å². The van der Waals surface area contributed by atoms with E-state index in [1.54, 1.807) is 0 Å². The number of piperidine rings is 3. The molecule has 2 bridgehead atoms. The van der Waals surface area contributed by atoms with Crippen molar-refractivity contribution in [1.82, 2.24) is 4.90 Å². The third-order valence-corrected chi connectivity index (χ3v) is 3.97. The van der Waals surface area contributed by atoms with Gasteiger partial charge in [-0.05, 0) is 44.2 Å². The lowest BCUT2D eigenvalue weighted by atomic mass is 9.71. The number of rotatable bonds is 3. The Labute approximate surface area is 85.1 Å². The Morgan fingerprint density at radius 1 is 1.43 bits per heavy atom. The second-order valence-corrected chi connectivity index (χ2v) is 4.61. The van der Waals surface area contributed by atoms with Gasteiger partial charge in [0.05, 0.1) is 0 Å². The number of carbonyl (C=O) groups is 1. The maximum atomic E-state index is 10.8. The number of hydrogen-bond donors (Lipinski definition) is 1. The van der Waals surface area contributed by atoms with E-state index in [9.17, 15) is 4.79 Å². The van der Waals surface area contributed by atoms with Crippen LogP contribution in [0.15, 0.2) is 0 Å². The highest BCUT2D eigenvalue weighted by molar-refractivity contribution is 5.67. The average Bonchev–Trinajstić information content (AvgIpc) is 2.18. The maximum Gasteiger partial charge on any atom is 0.303 e. The van der Waals surface area contributed by atoms with E-state index in [0.29, 0.717) is 24.3 Å². The fourth-order valence-electron chi connectivity index (χ4n) is 3.33. The molecule has 0 aromatic heterocycles. The van der Waals surface area contributed by atoms with Gasteiger partial charge in [0.25, 0.3) is 0 Å². The van der Waals surface area contributed by atoms with Crippen LogP contribution in [0.5, 0.6) is 0 Å². The minimum Gasteiger partial charge on any atom is -0.481 e. The van der Waals surface area contributed by atoms with Gasteiger partial charge in [-0.2, -0.15) is 0 Å². The molecule has 3 nitrogen and oxygen atoms in total. The number of hydrogen-bond acceptors (Lipinski definition) is 2. The van der Waals surface area contributed by atoms with Crippen molar-refractivity contribution in [1.29, 1.82) is 0 Å². The van der Waals surface area contributed by atoms with Gasteiger partial charge in [-0.25, -0.2) is 0 Å². The summed E-state index contributed by atoms with van der Waals surface area (Å²) in [6.45, 7) is 4.57. The lowest BCUT2D eigenvalue weighted by Gasteiger charge is -2.50. The summed E-state index contributed by atoms with van der Waals surface area (Å²) >= 11 is 0. The highest BCUT2D eigenvalue weighted by Crippen LogP contribution is 2.40. The Bertz CT molecular complexity index is 221. The van der Waals surface area contributed by atoms with Crippen LogP contribution in [0.4, 0.5) is 0 Å². The number of nitrogens with zero attached hydrogens (tertiary/aromatic N) is 1. The van der Waals surface area contributed by atoms with Crippen molar-refractivity contribution in [2.24, 2.45) is 11.8 Å². The molecule has 1 N–H and O–H groups in total. The smallest absolute Gasteiger partial charge is 0.303 e. The van der Waals surface area contributed by atoms with Crippen molar-refractivity contribution in [2.75, 3.05) is 13.1 Å². The molecule has 3 aliphatic heterocycles. The molecule has 0 amide bonds. The summed E-state index contributed by atoms with van der Waals surface area (Å²) in [7, 11) is 0. The van der Waals surface area contributed by atoms with Crippen LogP contribution in [0.1, 0.15) is 32.6 Å². The zero-order valence-corrected chi connectivity index (χ0v) is 8.78. The molecule has 0 radical (unpaired) electrons. The third kappa shape index (κ3) is 1.65. The van der Waals surface area contributed by atoms with Gasteiger partial charge < -0.3 is 10.0 Å². The lowest BCUT2D eigenvalue weighted by Crippen LogP contribution is -2.54. The second-order valence-electron chi connectivity index (χ2n) is 4.61. The molecule has 14 heavy (non-hydrogen) atoms. The van der Waals surface area contributed by atoms with Crippen molar-refractivity contribution < 1.29 is 9.90 Å². The van der Waals surface area contributed by atoms with Crippen LogP contribution in [0.3, 0.4) is 0 Å². The van der Waals surface area contributed by atoms with E-state index in [2.05, 4.69) is 11.8 Å². The van der Waals surface area contributed by atoms with Gasteiger partial charge in [0, 0.05) is 12.5 Å². The third-order valence-electron chi connectivity index (χ3n) is 3.97. The predicted octanol–water partition coefficient (Wildman–Crippen LogP) is 1.58. The zero-order chi connectivity index (χ0) is 10.1. The monoisotopic (exact) mass is 197 g/mol. The topological polar surface area (TPSA) is 40.5 Å². The summed E-state index contributed by atoms with van der Waals surface area (Å²) in [6, 6.07) is 0.540. The van der Waals surface area contributed by atoms with Gasteiger partial charge in [-0.15, -0.1) is 0 Å². The molecule has 3 aliphatic rings. The summed E-state index contributed by atoms with van der Waals surface area (Å²) < 4.78 is 0. The summed E-state index contributed by atoms with van der Waals surface area (Å²) in [6.07, 6.45) is 3.91. The van der Waals surface area contributed by atoms with E-state index >= 15 is 0 Å². The summed E-state index contributed by atoms with van der Waals surface area (Å²) in [5, 5.41) is 8.89. The molecule has 3 heterocycles. The van der Waals surface area contributed by atoms with Gasteiger partial charge >= 0.3 is 5.97 Å². The molecular weight excluding hydrogens is 178 g/mol. The molecule has 0 aliphatic carbocycles. The van der Waals surface area contributed by atoms with Crippen molar-refractivity contribution >= 4 is 5.97 Å². The molecule has 80 valence electrons. The van der Waals surface area contributed by atoms with Crippen molar-refractivity contribution in [3.63, 3.8) is 0 Å². The van der Waals surface area contributed by atoms with Crippen LogP contribution >= 0.6 is 0 Å². The summed E-state index contributed by atoms with van der Waals surface area (Å²) in [5.74, 6) is 0.475. The number of fused-ring (bicyclic) bond motifs is 3. The predicted molar refractivity (Wildman–Crippen MR) is 54.1 cm³/mol. The van der Waals surface area contributed by atoms with E-state index < -0.39 is 5.97 Å². The number of carboxylic acids is 1. The molecule has 2 atom stereocenters. The van der Waals surface area contributed by atoms with Crippen LogP contribution in [0.2, 0.25) is 0 Å². The van der Waals surface area contributed by atoms with Crippen LogP contribution in [-0.2, 0) is 4.79 Å². The Hall–Kier alpha value is -0.570. The standard InChI is InChI=1S/C11H19NO2/c1-2-10-9(7-11(13)14)8-3-5-12(10)6-4-8/h8-10H,2-7H2,1H3,(H,13,14). The van der Waals surface area contributed by atoms with E-state index in [-0.39, 0.29) is 0 Å². The Kier molecular flexibility index (Phi) is 2.77. The van der Waals surface area contributed by atoms with E-state index in [1.807, 2.05) is 0 Å². The van der Waals surface area contributed by atoms with Crippen LogP contribution in [-0.4, -0.2) is 35.1 Å². The second kappa shape index (κ2) is 3.89. The first kappa shape index (κ1) is 9.97. The Morgan fingerprint density at radius 2 is 2.07 bits per heavy atom. The fourth-order valence-corrected chi connectivity index (χ4v) is 3.33. The maximum absolute atomic E-state index is 10.8. The molecule has 3 rings (SSSR count). The minimum atomic E-state index is -0.623. The molecule has 3 heteroatoms. The quantitative estimate of drug-likeness (QED) is 0.746. The molecule has 3 saturated heterocycles. The van der Waals surface area contributed by atoms with Crippen LogP contribution in [0, 0.1) is 11.8 Å². The van der Waals surface area contributed by atoms with Gasteiger partial charge in [0.15, 0.2) is 0 Å². The van der Waals surface area contributed by atoms with Gasteiger partial charge in [-0.1, -0.05) is 6.92 Å². The number of carboxylic acid groups (broad SMARTS) is 1. The van der Waals surface area contributed by atoms with E-state index in [1.165, 1.54) is 25.9 Å². The summed E-state index contributed by atoms with van der Waals surface area (Å²) in [5.41, 5.74) is 0. The fraction of sp³-hybridized carbons (Fsp3) is 0.909. The van der Waals surface area contributed by atoms with Crippen LogP contribution < -0.4 is 0 Å². The lowest BCUT2D eigenvalue weighted by molar-refractivity contribution is -0.141. The highest BCUT2D eigenvalue weighted by atomic mass is 16.4. The number of aliphatic carboxylic acids is 1. The van der Waals surface area contributed by atoms with Crippen molar-refractivity contribution in [3.05, 3.63) is 0 Å². The molecular formula is C11H19NO2. The first-order valence-corrected chi connectivity index (χ1v) is 5.68. The first-order chi connectivity index (χ1) is 6.72. The van der Waals surface area contributed by atoms with Crippen molar-refractivity contribution in [3.8, 4) is 0 Å². The molecule has 3 fully saturated rings. The Balaban J connectivity index is 2.08. The normalized spacial score (nSPS) is 41.2. The summed E-state index contributed by atoms with van der Waals surface area (Å²) in [4.78, 5) is 13.3. The largest absolute Gasteiger partial charge is 0.481 e. The van der Waals surface area contributed by atoms with Gasteiger partial charge in [0.2, 0.25) is 0 Å². The van der Waals surface area contributed by atoms with Crippen molar-refractivity contribution in [2.45, 2.75) is 38.6 Å². The molecule has 0 aromatic carbocycles. The first-order valence-electron chi connectivity index (χ1n) is 5.68. The van der Waals surface area contributed by atoms with E-state index in [0.717, 1.165) is 6.42 Å². The van der Waals surface area contributed by atoms with Crippen LogP contribution in [0.25, 0.3) is 0 Å². The Morgan fingerprint density at radius 3 is 2.57 bits per heavy atom. The highest BCUT2D eigenvalue weighted by Gasteiger charge is 2.41. The molecule has 2 unspecified atom stereocenters. The van der Waals surface area contributed by atoms with Gasteiger partial charge in [-0.3, -0.25) is 4.79 Å². The zero-order valence-electron chi connectivity index (χ0n) is 8.78. The molecule has 0 aromatic rings. The average molecular weight is 197 g/mol.